The first kappa shape index (κ1) is 22.3. The Morgan fingerprint density at radius 3 is 2.79 bits per heavy atom. The zero-order valence-corrected chi connectivity index (χ0v) is 21.0. The van der Waals surface area contributed by atoms with E-state index in [-0.39, 0.29) is 11.5 Å². The molecule has 0 saturated heterocycles. The number of aromatic nitrogens is 3. The lowest BCUT2D eigenvalue weighted by Gasteiger charge is -2.12. The largest absolute Gasteiger partial charge is 0.348 e. The van der Waals surface area contributed by atoms with E-state index < -0.39 is 0 Å². The Balaban J connectivity index is 1.45. The molecule has 6 nitrogen and oxygen atoms in total. The number of carbonyl (C=O) groups excluding carboxylic acids is 1. The van der Waals surface area contributed by atoms with Crippen molar-refractivity contribution in [1.82, 2.24) is 19.4 Å². The molecule has 1 aromatic carbocycles. The molecule has 0 radical (unpaired) electrons. The van der Waals surface area contributed by atoms with Gasteiger partial charge in [0.05, 0.1) is 24.0 Å². The van der Waals surface area contributed by atoms with Crippen LogP contribution in [0, 0.1) is 0 Å². The molecule has 3 aromatic heterocycles. The fraction of sp³-hybridized carbons (Fsp3) is 0.333. The van der Waals surface area contributed by atoms with E-state index in [2.05, 4.69) is 4.98 Å². The van der Waals surface area contributed by atoms with Crippen molar-refractivity contribution >= 4 is 50.6 Å². The SMILES string of the molecule is CN(C)C(=O)Cc1nc(CSc2nc3sc4c(c3c(=O)n2Cc2ccccc2)CCC4)cs1. The first-order valence-corrected chi connectivity index (χ1v) is 13.5. The van der Waals surface area contributed by atoms with Crippen LogP contribution in [0.1, 0.15) is 33.1 Å². The highest BCUT2D eigenvalue weighted by Crippen LogP contribution is 2.36. The number of thioether (sulfide) groups is 1. The van der Waals surface area contributed by atoms with E-state index in [1.165, 1.54) is 33.5 Å². The molecule has 0 atom stereocenters. The van der Waals surface area contributed by atoms with E-state index in [1.807, 2.05) is 40.3 Å². The van der Waals surface area contributed by atoms with Crippen LogP contribution in [0.2, 0.25) is 0 Å². The molecule has 3 heterocycles. The number of nitrogens with zero attached hydrogens (tertiary/aromatic N) is 4. The van der Waals surface area contributed by atoms with E-state index in [4.69, 9.17) is 4.98 Å². The molecule has 9 heteroatoms. The molecule has 5 rings (SSSR count). The van der Waals surface area contributed by atoms with Crippen LogP contribution in [0.5, 0.6) is 0 Å². The van der Waals surface area contributed by atoms with Gasteiger partial charge in [-0.1, -0.05) is 42.1 Å². The van der Waals surface area contributed by atoms with Crippen molar-refractivity contribution in [1.29, 1.82) is 0 Å². The summed E-state index contributed by atoms with van der Waals surface area (Å²) >= 11 is 4.71. The lowest BCUT2D eigenvalue weighted by atomic mass is 10.2. The third-order valence-corrected chi connectivity index (χ3v) is 8.82. The summed E-state index contributed by atoms with van der Waals surface area (Å²) in [5.74, 6) is 0.642. The minimum atomic E-state index is 0.0399. The summed E-state index contributed by atoms with van der Waals surface area (Å²) in [4.78, 5) is 38.9. The molecule has 0 fully saturated rings. The van der Waals surface area contributed by atoms with Crippen molar-refractivity contribution in [3.63, 3.8) is 0 Å². The highest BCUT2D eigenvalue weighted by Gasteiger charge is 2.23. The van der Waals surface area contributed by atoms with Gasteiger partial charge in [-0.3, -0.25) is 14.2 Å². The Morgan fingerprint density at radius 2 is 2.00 bits per heavy atom. The molecule has 0 unspecified atom stereocenters. The summed E-state index contributed by atoms with van der Waals surface area (Å²) in [6, 6.07) is 10.0. The van der Waals surface area contributed by atoms with Crippen LogP contribution in [-0.4, -0.2) is 39.4 Å². The zero-order chi connectivity index (χ0) is 22.9. The van der Waals surface area contributed by atoms with Gasteiger partial charge in [-0.25, -0.2) is 9.97 Å². The third kappa shape index (κ3) is 4.62. The molecule has 0 spiro atoms. The van der Waals surface area contributed by atoms with Crippen molar-refractivity contribution in [3.05, 3.63) is 72.8 Å². The number of amides is 1. The second-order valence-electron chi connectivity index (χ2n) is 8.29. The molecule has 33 heavy (non-hydrogen) atoms. The fourth-order valence-electron chi connectivity index (χ4n) is 4.00. The molecular formula is C24H24N4O2S3. The number of hydrogen-bond donors (Lipinski definition) is 0. The summed E-state index contributed by atoms with van der Waals surface area (Å²) in [7, 11) is 3.50. The second kappa shape index (κ2) is 9.40. The van der Waals surface area contributed by atoms with Gasteiger partial charge in [-0.2, -0.15) is 0 Å². The Morgan fingerprint density at radius 1 is 1.18 bits per heavy atom. The van der Waals surface area contributed by atoms with E-state index in [0.717, 1.165) is 50.9 Å². The highest BCUT2D eigenvalue weighted by molar-refractivity contribution is 7.98. The smallest absolute Gasteiger partial charge is 0.263 e. The summed E-state index contributed by atoms with van der Waals surface area (Å²) in [5, 5.41) is 4.33. The molecule has 1 aliphatic rings. The summed E-state index contributed by atoms with van der Waals surface area (Å²) in [6.45, 7) is 0.495. The van der Waals surface area contributed by atoms with E-state index in [9.17, 15) is 9.59 Å². The van der Waals surface area contributed by atoms with Gasteiger partial charge in [-0.15, -0.1) is 22.7 Å². The predicted molar refractivity (Wildman–Crippen MR) is 136 cm³/mol. The quantitative estimate of drug-likeness (QED) is 0.281. The molecule has 1 amide bonds. The number of fused-ring (bicyclic) bond motifs is 3. The van der Waals surface area contributed by atoms with Crippen LogP contribution in [0.3, 0.4) is 0 Å². The maximum absolute atomic E-state index is 13.6. The lowest BCUT2D eigenvalue weighted by molar-refractivity contribution is -0.127. The van der Waals surface area contributed by atoms with Crippen molar-refractivity contribution < 1.29 is 4.79 Å². The van der Waals surface area contributed by atoms with Gasteiger partial charge in [0, 0.05) is 30.1 Å². The summed E-state index contributed by atoms with van der Waals surface area (Å²) in [5.41, 5.74) is 3.25. The first-order valence-electron chi connectivity index (χ1n) is 10.8. The number of hydrogen-bond acceptors (Lipinski definition) is 7. The predicted octanol–water partition coefficient (Wildman–Crippen LogP) is 4.37. The van der Waals surface area contributed by atoms with Gasteiger partial charge in [0.1, 0.15) is 9.84 Å². The topological polar surface area (TPSA) is 68.1 Å². The van der Waals surface area contributed by atoms with Gasteiger partial charge >= 0.3 is 0 Å². The van der Waals surface area contributed by atoms with Gasteiger partial charge in [0.25, 0.3) is 5.56 Å². The third-order valence-electron chi connectivity index (χ3n) is 5.72. The monoisotopic (exact) mass is 496 g/mol. The maximum Gasteiger partial charge on any atom is 0.263 e. The van der Waals surface area contributed by atoms with Crippen molar-refractivity contribution in [3.8, 4) is 0 Å². The van der Waals surface area contributed by atoms with E-state index in [1.54, 1.807) is 30.3 Å². The number of rotatable bonds is 7. The fourth-order valence-corrected chi connectivity index (χ4v) is 7.08. The van der Waals surface area contributed by atoms with Crippen molar-refractivity contribution in [2.24, 2.45) is 0 Å². The normalized spacial score (nSPS) is 12.9. The van der Waals surface area contributed by atoms with E-state index in [0.29, 0.717) is 18.7 Å². The van der Waals surface area contributed by atoms with E-state index >= 15 is 0 Å². The number of benzene rings is 1. The average molecular weight is 497 g/mol. The van der Waals surface area contributed by atoms with Crippen LogP contribution in [-0.2, 0) is 36.4 Å². The van der Waals surface area contributed by atoms with Crippen LogP contribution >= 0.6 is 34.4 Å². The Labute approximate surface area is 204 Å². The number of carbonyl (C=O) groups is 1. The van der Waals surface area contributed by atoms with Gasteiger partial charge < -0.3 is 4.90 Å². The maximum atomic E-state index is 13.6. The number of thiazole rings is 1. The molecule has 0 aliphatic heterocycles. The summed E-state index contributed by atoms with van der Waals surface area (Å²) < 4.78 is 1.82. The van der Waals surface area contributed by atoms with Gasteiger partial charge in [0.15, 0.2) is 5.16 Å². The number of thiophene rings is 1. The minimum Gasteiger partial charge on any atom is -0.348 e. The van der Waals surface area contributed by atoms with Gasteiger partial charge in [0.2, 0.25) is 5.91 Å². The van der Waals surface area contributed by atoms with Crippen LogP contribution in [0.4, 0.5) is 0 Å². The number of likely N-dealkylation sites (N-methyl/N-ethyl adjacent to an activating group) is 1. The Kier molecular flexibility index (Phi) is 6.36. The lowest BCUT2D eigenvalue weighted by Crippen LogP contribution is -2.24. The van der Waals surface area contributed by atoms with Crippen LogP contribution in [0.25, 0.3) is 10.2 Å². The minimum absolute atomic E-state index is 0.0399. The molecule has 0 N–H and O–H groups in total. The van der Waals surface area contributed by atoms with Gasteiger partial charge in [-0.05, 0) is 30.4 Å². The second-order valence-corrected chi connectivity index (χ2v) is 11.3. The first-order chi connectivity index (χ1) is 16.0. The number of aryl methyl sites for hydroxylation is 2. The van der Waals surface area contributed by atoms with Crippen molar-refractivity contribution in [2.75, 3.05) is 14.1 Å². The molecule has 170 valence electrons. The van der Waals surface area contributed by atoms with Crippen molar-refractivity contribution in [2.45, 2.75) is 43.1 Å². The Hall–Kier alpha value is -2.49. The van der Waals surface area contributed by atoms with Crippen LogP contribution < -0.4 is 5.56 Å². The zero-order valence-electron chi connectivity index (χ0n) is 18.5. The highest BCUT2D eigenvalue weighted by atomic mass is 32.2. The molecule has 0 saturated carbocycles. The molecule has 1 aliphatic carbocycles. The summed E-state index contributed by atoms with van der Waals surface area (Å²) in [6.07, 6.45) is 3.45. The average Bonchev–Trinajstić information content (AvgIpc) is 3.51. The molecule has 4 aromatic rings. The van der Waals surface area contributed by atoms with Crippen LogP contribution in [0.15, 0.2) is 45.7 Å². The molecular weight excluding hydrogens is 472 g/mol. The standard InChI is InChI=1S/C24H24N4O2S3/c1-27(2)20(29)11-19-25-16(13-31-19)14-32-24-26-22-21(17-9-6-10-18(17)33-22)23(30)28(24)12-15-7-4-3-5-8-15/h3-5,7-8,13H,6,9-12,14H2,1-2H3. The Bertz CT molecular complexity index is 1370. The molecule has 0 bridgehead atoms.